The second kappa shape index (κ2) is 7.74. The minimum absolute atomic E-state index is 0.0512. The Morgan fingerprint density at radius 1 is 1.21 bits per heavy atom. The van der Waals surface area contributed by atoms with Crippen LogP contribution in [-0.4, -0.2) is 45.4 Å². The van der Waals surface area contributed by atoms with Crippen molar-refractivity contribution in [2.75, 3.05) is 20.1 Å². The number of sulfonamides is 1. The van der Waals surface area contributed by atoms with Crippen molar-refractivity contribution in [3.8, 4) is 0 Å². The summed E-state index contributed by atoms with van der Waals surface area (Å²) < 4.78 is 27.2. The van der Waals surface area contributed by atoms with Crippen molar-refractivity contribution in [2.24, 2.45) is 5.73 Å². The van der Waals surface area contributed by atoms with Crippen LogP contribution in [0.25, 0.3) is 10.8 Å². The van der Waals surface area contributed by atoms with Crippen LogP contribution in [-0.2, 0) is 14.8 Å². The van der Waals surface area contributed by atoms with E-state index in [0.717, 1.165) is 10.8 Å². The molecule has 0 bridgehead atoms. The minimum Gasteiger partial charge on any atom is -0.342 e. The van der Waals surface area contributed by atoms with Gasteiger partial charge in [-0.15, -0.1) is 0 Å². The fourth-order valence-electron chi connectivity index (χ4n) is 2.29. The Morgan fingerprint density at radius 3 is 2.54 bits per heavy atom. The molecule has 1 atom stereocenters. The second-order valence-corrected chi connectivity index (χ2v) is 7.51. The molecule has 0 spiro atoms. The molecule has 0 aliphatic rings. The summed E-state index contributed by atoms with van der Waals surface area (Å²) in [6.45, 7) is 2.26. The van der Waals surface area contributed by atoms with Crippen molar-refractivity contribution in [2.45, 2.75) is 24.3 Å². The summed E-state index contributed by atoms with van der Waals surface area (Å²) in [6.07, 6.45) is 0.0909. The lowest BCUT2D eigenvalue weighted by Crippen LogP contribution is -2.41. The number of hydrogen-bond acceptors (Lipinski definition) is 4. The highest BCUT2D eigenvalue weighted by Crippen LogP contribution is 2.18. The lowest BCUT2D eigenvalue weighted by atomic mass is 10.1. The summed E-state index contributed by atoms with van der Waals surface area (Å²) >= 11 is 0. The number of carbonyl (C=O) groups is 1. The maximum Gasteiger partial charge on any atom is 0.240 e. The fourth-order valence-corrected chi connectivity index (χ4v) is 3.36. The monoisotopic (exact) mass is 349 g/mol. The molecule has 1 amide bonds. The Labute approximate surface area is 142 Å². The van der Waals surface area contributed by atoms with Crippen molar-refractivity contribution in [3.63, 3.8) is 0 Å². The van der Waals surface area contributed by atoms with Gasteiger partial charge in [0.15, 0.2) is 0 Å². The van der Waals surface area contributed by atoms with Crippen LogP contribution in [0.15, 0.2) is 47.4 Å². The Balaban J connectivity index is 2.01. The van der Waals surface area contributed by atoms with E-state index in [4.69, 9.17) is 5.73 Å². The van der Waals surface area contributed by atoms with E-state index in [0.29, 0.717) is 6.54 Å². The second-order valence-electron chi connectivity index (χ2n) is 5.75. The summed E-state index contributed by atoms with van der Waals surface area (Å²) in [5.41, 5.74) is 5.52. The number of hydrogen-bond donors (Lipinski definition) is 2. The Hall–Kier alpha value is -1.96. The predicted molar refractivity (Wildman–Crippen MR) is 95.0 cm³/mol. The molecule has 3 N–H and O–H groups in total. The van der Waals surface area contributed by atoms with E-state index in [1.165, 1.54) is 4.90 Å². The van der Waals surface area contributed by atoms with Gasteiger partial charge in [-0.25, -0.2) is 13.1 Å². The number of likely N-dealkylation sites (N-methyl/N-ethyl adjacent to an activating group) is 1. The number of benzene rings is 2. The zero-order chi connectivity index (χ0) is 17.7. The molecule has 24 heavy (non-hydrogen) atoms. The zero-order valence-electron chi connectivity index (χ0n) is 13.9. The maximum absolute atomic E-state index is 12.4. The topological polar surface area (TPSA) is 92.5 Å². The molecule has 130 valence electrons. The molecule has 6 nitrogen and oxygen atoms in total. The summed E-state index contributed by atoms with van der Waals surface area (Å²) in [5, 5.41) is 1.83. The van der Waals surface area contributed by atoms with Gasteiger partial charge < -0.3 is 10.6 Å². The van der Waals surface area contributed by atoms with Crippen LogP contribution in [0.3, 0.4) is 0 Å². The zero-order valence-corrected chi connectivity index (χ0v) is 14.7. The van der Waals surface area contributed by atoms with E-state index in [2.05, 4.69) is 4.72 Å². The quantitative estimate of drug-likeness (QED) is 0.788. The van der Waals surface area contributed by atoms with Crippen molar-refractivity contribution >= 4 is 26.7 Å². The van der Waals surface area contributed by atoms with Gasteiger partial charge in [-0.05, 0) is 29.8 Å². The van der Waals surface area contributed by atoms with Gasteiger partial charge in [0.25, 0.3) is 0 Å². The molecule has 0 fully saturated rings. The number of amides is 1. The smallest absolute Gasteiger partial charge is 0.240 e. The maximum atomic E-state index is 12.4. The van der Waals surface area contributed by atoms with Gasteiger partial charge in [0.2, 0.25) is 15.9 Å². The highest BCUT2D eigenvalue weighted by Gasteiger charge is 2.17. The first-order valence-electron chi connectivity index (χ1n) is 7.79. The van der Waals surface area contributed by atoms with E-state index >= 15 is 0 Å². The number of nitrogens with two attached hydrogens (primary N) is 1. The molecule has 0 aliphatic heterocycles. The summed E-state index contributed by atoms with van der Waals surface area (Å²) in [4.78, 5) is 13.7. The van der Waals surface area contributed by atoms with Gasteiger partial charge in [-0.3, -0.25) is 4.79 Å². The molecular weight excluding hydrogens is 326 g/mol. The summed E-state index contributed by atoms with van der Waals surface area (Å²) in [6, 6.07) is 12.4. The molecule has 0 heterocycles. The van der Waals surface area contributed by atoms with Crippen LogP contribution in [0, 0.1) is 0 Å². The van der Waals surface area contributed by atoms with Crippen LogP contribution in [0.1, 0.15) is 13.3 Å². The van der Waals surface area contributed by atoms with Gasteiger partial charge >= 0.3 is 0 Å². The summed E-state index contributed by atoms with van der Waals surface area (Å²) in [5.74, 6) is -0.144. The van der Waals surface area contributed by atoms with Gasteiger partial charge in [-0.1, -0.05) is 30.3 Å². The highest BCUT2D eigenvalue weighted by atomic mass is 32.2. The molecule has 2 aromatic carbocycles. The molecule has 0 radical (unpaired) electrons. The van der Waals surface area contributed by atoms with E-state index in [1.807, 2.05) is 31.2 Å². The molecule has 0 saturated heterocycles. The molecule has 7 heteroatoms. The number of carbonyl (C=O) groups excluding carboxylic acids is 1. The van der Waals surface area contributed by atoms with Gasteiger partial charge in [0.1, 0.15) is 0 Å². The largest absolute Gasteiger partial charge is 0.342 e. The highest BCUT2D eigenvalue weighted by molar-refractivity contribution is 7.89. The van der Waals surface area contributed by atoms with Gasteiger partial charge in [0, 0.05) is 32.6 Å². The SMILES string of the molecule is CC(CN)N(C)C(=O)CCNS(=O)(=O)c1ccc2ccccc2c1. The molecular formula is C17H23N3O3S. The van der Waals surface area contributed by atoms with E-state index < -0.39 is 10.0 Å². The first-order chi connectivity index (χ1) is 11.3. The van der Waals surface area contributed by atoms with E-state index in [9.17, 15) is 13.2 Å². The Bertz CT molecular complexity index is 821. The van der Waals surface area contributed by atoms with Crippen molar-refractivity contribution in [1.29, 1.82) is 0 Å². The predicted octanol–water partition coefficient (Wildman–Crippen LogP) is 1.31. The number of rotatable bonds is 7. The van der Waals surface area contributed by atoms with Crippen LogP contribution in [0.4, 0.5) is 0 Å². The third-order valence-electron chi connectivity index (χ3n) is 4.06. The van der Waals surface area contributed by atoms with Crippen molar-refractivity contribution in [1.82, 2.24) is 9.62 Å². The van der Waals surface area contributed by atoms with Crippen LogP contribution in [0.5, 0.6) is 0 Å². The van der Waals surface area contributed by atoms with Gasteiger partial charge in [-0.2, -0.15) is 0 Å². The number of fused-ring (bicyclic) bond motifs is 1. The van der Waals surface area contributed by atoms with Crippen molar-refractivity contribution in [3.05, 3.63) is 42.5 Å². The van der Waals surface area contributed by atoms with Crippen molar-refractivity contribution < 1.29 is 13.2 Å². The molecule has 0 aliphatic carbocycles. The lowest BCUT2D eigenvalue weighted by molar-refractivity contribution is -0.131. The molecule has 0 saturated carbocycles. The molecule has 2 aromatic rings. The summed E-state index contributed by atoms with van der Waals surface area (Å²) in [7, 11) is -1.98. The molecule has 1 unspecified atom stereocenters. The van der Waals surface area contributed by atoms with Crippen LogP contribution in [0.2, 0.25) is 0 Å². The fraction of sp³-hybridized carbons (Fsp3) is 0.353. The number of nitrogens with zero attached hydrogens (tertiary/aromatic N) is 1. The number of nitrogens with one attached hydrogen (secondary N) is 1. The Morgan fingerprint density at radius 2 is 1.88 bits per heavy atom. The lowest BCUT2D eigenvalue weighted by Gasteiger charge is -2.23. The van der Waals surface area contributed by atoms with Crippen LogP contribution >= 0.6 is 0 Å². The molecule has 0 aromatic heterocycles. The third-order valence-corrected chi connectivity index (χ3v) is 5.52. The van der Waals surface area contributed by atoms with Gasteiger partial charge in [0.05, 0.1) is 4.90 Å². The third kappa shape index (κ3) is 4.31. The Kier molecular flexibility index (Phi) is 5.93. The van der Waals surface area contributed by atoms with E-state index in [1.54, 1.807) is 25.2 Å². The van der Waals surface area contributed by atoms with Crippen LogP contribution < -0.4 is 10.5 Å². The van der Waals surface area contributed by atoms with E-state index in [-0.39, 0.29) is 29.8 Å². The standard InChI is InChI=1S/C17H23N3O3S/c1-13(12-18)20(2)17(21)9-10-19-24(22,23)16-8-7-14-5-3-4-6-15(14)11-16/h3-8,11,13,19H,9-10,12,18H2,1-2H3. The molecule has 2 rings (SSSR count). The minimum atomic E-state index is -3.64. The first-order valence-corrected chi connectivity index (χ1v) is 9.27. The average Bonchev–Trinajstić information content (AvgIpc) is 2.59. The normalized spacial score (nSPS) is 13.0. The average molecular weight is 349 g/mol. The first kappa shape index (κ1) is 18.4.